The number of amides is 1. The maximum Gasteiger partial charge on any atom is 0.323 e. The zero-order valence-electron chi connectivity index (χ0n) is 11.0. The van der Waals surface area contributed by atoms with Crippen LogP contribution in [0.15, 0.2) is 18.3 Å². The van der Waals surface area contributed by atoms with E-state index in [0.717, 1.165) is 6.42 Å². The molecule has 6 heteroatoms. The van der Waals surface area contributed by atoms with Gasteiger partial charge in [0.1, 0.15) is 12.2 Å². The number of nitrogens with one attached hydrogen (secondary N) is 1. The molecule has 0 aliphatic carbocycles. The highest BCUT2D eigenvalue weighted by Crippen LogP contribution is 2.25. The summed E-state index contributed by atoms with van der Waals surface area (Å²) in [4.78, 5) is 23.0. The lowest BCUT2D eigenvalue weighted by molar-refractivity contribution is -0.137. The molecule has 6 nitrogen and oxygen atoms in total. The average Bonchev–Trinajstić information content (AvgIpc) is 2.87. The zero-order valence-corrected chi connectivity index (χ0v) is 11.0. The van der Waals surface area contributed by atoms with Crippen molar-refractivity contribution in [2.75, 3.05) is 6.61 Å². The van der Waals surface area contributed by atoms with Crippen molar-refractivity contribution in [3.05, 3.63) is 24.0 Å². The van der Waals surface area contributed by atoms with Crippen molar-refractivity contribution in [1.82, 2.24) is 9.88 Å². The van der Waals surface area contributed by atoms with Gasteiger partial charge in [0.05, 0.1) is 11.6 Å². The Labute approximate surface area is 111 Å². The molecule has 1 fully saturated rings. The van der Waals surface area contributed by atoms with Crippen molar-refractivity contribution < 1.29 is 19.4 Å². The van der Waals surface area contributed by atoms with Crippen molar-refractivity contribution >= 4 is 11.9 Å². The maximum atomic E-state index is 12.2. The van der Waals surface area contributed by atoms with E-state index in [1.54, 1.807) is 18.3 Å². The van der Waals surface area contributed by atoms with Crippen LogP contribution in [0.5, 0.6) is 0 Å². The van der Waals surface area contributed by atoms with Gasteiger partial charge in [0, 0.05) is 12.8 Å². The highest BCUT2D eigenvalue weighted by atomic mass is 16.5. The summed E-state index contributed by atoms with van der Waals surface area (Å²) in [6.07, 6.45) is 2.28. The van der Waals surface area contributed by atoms with Crippen LogP contribution in [-0.4, -0.2) is 39.8 Å². The molecule has 19 heavy (non-hydrogen) atoms. The highest BCUT2D eigenvalue weighted by Gasteiger charge is 2.38. The quantitative estimate of drug-likeness (QED) is 0.847. The van der Waals surface area contributed by atoms with Gasteiger partial charge in [0.15, 0.2) is 0 Å². The number of aromatic nitrogens is 1. The third kappa shape index (κ3) is 2.78. The number of rotatable bonds is 4. The third-order valence-corrected chi connectivity index (χ3v) is 3.65. The second-order valence-electron chi connectivity index (χ2n) is 5.05. The van der Waals surface area contributed by atoms with Crippen LogP contribution in [-0.2, 0) is 16.1 Å². The fraction of sp³-hybridized carbons (Fsp3) is 0.538. The van der Waals surface area contributed by atoms with Crippen LogP contribution in [0.2, 0.25) is 0 Å². The van der Waals surface area contributed by atoms with E-state index in [9.17, 15) is 9.59 Å². The number of hydrogen-bond acceptors (Lipinski definition) is 3. The van der Waals surface area contributed by atoms with Crippen LogP contribution in [0.1, 0.15) is 30.8 Å². The molecule has 0 aromatic carbocycles. The molecule has 1 aliphatic heterocycles. The summed E-state index contributed by atoms with van der Waals surface area (Å²) in [7, 11) is 0. The fourth-order valence-electron chi connectivity index (χ4n) is 2.23. The van der Waals surface area contributed by atoms with Gasteiger partial charge in [-0.3, -0.25) is 9.59 Å². The summed E-state index contributed by atoms with van der Waals surface area (Å²) in [6.45, 7) is 4.25. The predicted molar refractivity (Wildman–Crippen MR) is 68.0 cm³/mol. The standard InChI is InChI=1S/C13H18N2O4/c1-9-13(2,5-7-19-9)14-12(18)10-4-3-6-15(10)8-11(16)17/h3-4,6,9H,5,7-8H2,1-2H3,(H,14,18)(H,16,17). The first kappa shape index (κ1) is 13.6. The molecule has 2 unspecified atom stereocenters. The molecule has 2 heterocycles. The van der Waals surface area contributed by atoms with E-state index in [0.29, 0.717) is 12.3 Å². The third-order valence-electron chi connectivity index (χ3n) is 3.65. The first-order valence-corrected chi connectivity index (χ1v) is 6.23. The number of nitrogens with zero attached hydrogens (tertiary/aromatic N) is 1. The number of aliphatic carboxylic acids is 1. The zero-order chi connectivity index (χ0) is 14.0. The maximum absolute atomic E-state index is 12.2. The molecule has 104 valence electrons. The monoisotopic (exact) mass is 266 g/mol. The molecule has 1 aromatic rings. The van der Waals surface area contributed by atoms with E-state index in [1.807, 2.05) is 13.8 Å². The number of carboxylic acids is 1. The van der Waals surface area contributed by atoms with Crippen molar-refractivity contribution in [2.24, 2.45) is 0 Å². The second kappa shape index (κ2) is 5.05. The Kier molecular flexibility index (Phi) is 3.61. The largest absolute Gasteiger partial charge is 0.480 e. The lowest BCUT2D eigenvalue weighted by Gasteiger charge is -2.29. The number of ether oxygens (including phenoxy) is 1. The molecule has 0 spiro atoms. The van der Waals surface area contributed by atoms with Crippen molar-refractivity contribution in [2.45, 2.75) is 38.5 Å². The topological polar surface area (TPSA) is 80.6 Å². The fourth-order valence-corrected chi connectivity index (χ4v) is 2.23. The molecule has 2 N–H and O–H groups in total. The SMILES string of the molecule is CC1OCCC1(C)NC(=O)c1cccn1CC(=O)O. The van der Waals surface area contributed by atoms with Crippen LogP contribution in [0.3, 0.4) is 0 Å². The van der Waals surface area contributed by atoms with E-state index in [4.69, 9.17) is 9.84 Å². The van der Waals surface area contributed by atoms with E-state index < -0.39 is 11.5 Å². The van der Waals surface area contributed by atoms with Crippen LogP contribution in [0.25, 0.3) is 0 Å². The van der Waals surface area contributed by atoms with E-state index in [-0.39, 0.29) is 18.6 Å². The molecule has 1 saturated heterocycles. The van der Waals surface area contributed by atoms with Crippen molar-refractivity contribution in [1.29, 1.82) is 0 Å². The molecule has 1 aromatic heterocycles. The smallest absolute Gasteiger partial charge is 0.323 e. The number of hydrogen-bond donors (Lipinski definition) is 2. The van der Waals surface area contributed by atoms with E-state index in [1.165, 1.54) is 4.57 Å². The summed E-state index contributed by atoms with van der Waals surface area (Å²) >= 11 is 0. The van der Waals surface area contributed by atoms with Gasteiger partial charge in [-0.2, -0.15) is 0 Å². The molecule has 0 radical (unpaired) electrons. The van der Waals surface area contributed by atoms with E-state index >= 15 is 0 Å². The Morgan fingerprint density at radius 3 is 2.95 bits per heavy atom. The van der Waals surface area contributed by atoms with Crippen LogP contribution >= 0.6 is 0 Å². The second-order valence-corrected chi connectivity index (χ2v) is 5.05. The first-order valence-electron chi connectivity index (χ1n) is 6.23. The van der Waals surface area contributed by atoms with Gasteiger partial charge in [0.25, 0.3) is 5.91 Å². The molecular weight excluding hydrogens is 248 g/mol. The Morgan fingerprint density at radius 1 is 1.63 bits per heavy atom. The number of carboxylic acid groups (broad SMARTS) is 1. The molecule has 2 atom stereocenters. The summed E-state index contributed by atoms with van der Waals surface area (Å²) in [6, 6.07) is 3.27. The number of carbonyl (C=O) groups is 2. The lowest BCUT2D eigenvalue weighted by atomic mass is 9.94. The minimum absolute atomic E-state index is 0.0562. The molecule has 1 aliphatic rings. The van der Waals surface area contributed by atoms with Gasteiger partial charge in [0.2, 0.25) is 0 Å². The Bertz CT molecular complexity index is 497. The molecule has 0 bridgehead atoms. The van der Waals surface area contributed by atoms with Gasteiger partial charge >= 0.3 is 5.97 Å². The molecule has 2 rings (SSSR count). The van der Waals surface area contributed by atoms with Gasteiger partial charge in [-0.05, 0) is 32.4 Å². The van der Waals surface area contributed by atoms with Gasteiger partial charge in [-0.1, -0.05) is 0 Å². The summed E-state index contributed by atoms with van der Waals surface area (Å²) in [5, 5.41) is 11.7. The van der Waals surface area contributed by atoms with E-state index in [2.05, 4.69) is 5.32 Å². The lowest BCUT2D eigenvalue weighted by Crippen LogP contribution is -2.51. The van der Waals surface area contributed by atoms with Crippen LogP contribution in [0.4, 0.5) is 0 Å². The van der Waals surface area contributed by atoms with Gasteiger partial charge in [-0.15, -0.1) is 0 Å². The number of carbonyl (C=O) groups excluding carboxylic acids is 1. The van der Waals surface area contributed by atoms with Crippen LogP contribution < -0.4 is 5.32 Å². The molecular formula is C13H18N2O4. The summed E-state index contributed by atoms with van der Waals surface area (Å²) in [5.74, 6) is -1.25. The minimum Gasteiger partial charge on any atom is -0.480 e. The normalized spacial score (nSPS) is 26.3. The average molecular weight is 266 g/mol. The molecule has 0 saturated carbocycles. The predicted octanol–water partition coefficient (Wildman–Crippen LogP) is 0.870. The highest BCUT2D eigenvalue weighted by molar-refractivity contribution is 5.93. The minimum atomic E-state index is -0.978. The summed E-state index contributed by atoms with van der Waals surface area (Å²) in [5.41, 5.74) is -0.0576. The summed E-state index contributed by atoms with van der Waals surface area (Å²) < 4.78 is 6.88. The van der Waals surface area contributed by atoms with Crippen molar-refractivity contribution in [3.8, 4) is 0 Å². The van der Waals surface area contributed by atoms with Crippen molar-refractivity contribution in [3.63, 3.8) is 0 Å². The Morgan fingerprint density at radius 2 is 2.37 bits per heavy atom. The van der Waals surface area contributed by atoms with Gasteiger partial charge < -0.3 is 19.7 Å². The molecule has 1 amide bonds. The Hall–Kier alpha value is -1.82. The first-order chi connectivity index (χ1) is 8.92. The van der Waals surface area contributed by atoms with Gasteiger partial charge in [-0.25, -0.2) is 0 Å². The van der Waals surface area contributed by atoms with Crippen LogP contribution in [0, 0.1) is 0 Å². The Balaban J connectivity index is 2.12.